The fraction of sp³-hybridized carbons (Fsp3) is 0.583. The average Bonchev–Trinajstić information content (AvgIpc) is 2.16. The zero-order chi connectivity index (χ0) is 10.1. The third-order valence-corrected chi connectivity index (χ3v) is 1.97. The second kappa shape index (κ2) is 7.78. The molecule has 0 N–H and O–H groups in total. The van der Waals surface area contributed by atoms with Crippen LogP contribution in [0.1, 0.15) is 40.0 Å². The van der Waals surface area contributed by atoms with Crippen LogP contribution in [-0.4, -0.2) is 11.8 Å². The fourth-order valence-electron chi connectivity index (χ4n) is 1.24. The summed E-state index contributed by atoms with van der Waals surface area (Å²) in [5.74, 6) is 0. The smallest absolute Gasteiger partial charge is 0.0568 e. The van der Waals surface area contributed by atoms with Crippen molar-refractivity contribution >= 4 is 5.71 Å². The van der Waals surface area contributed by atoms with Crippen molar-refractivity contribution in [2.45, 2.75) is 46.1 Å². The van der Waals surface area contributed by atoms with Crippen molar-refractivity contribution in [2.75, 3.05) is 0 Å². The van der Waals surface area contributed by atoms with Gasteiger partial charge < -0.3 is 0 Å². The van der Waals surface area contributed by atoms with E-state index in [9.17, 15) is 0 Å². The average molecular weight is 179 g/mol. The van der Waals surface area contributed by atoms with Gasteiger partial charge in [-0.3, -0.25) is 4.99 Å². The van der Waals surface area contributed by atoms with Gasteiger partial charge in [-0.15, -0.1) is 0 Å². The van der Waals surface area contributed by atoms with Gasteiger partial charge in [0, 0.05) is 0 Å². The Kier molecular flexibility index (Phi) is 7.27. The summed E-state index contributed by atoms with van der Waals surface area (Å²) < 4.78 is 0. The molecule has 0 rings (SSSR count). The van der Waals surface area contributed by atoms with Crippen molar-refractivity contribution in [1.29, 1.82) is 0 Å². The first-order chi connectivity index (χ1) is 6.28. The Hall–Kier alpha value is -0.850. The van der Waals surface area contributed by atoms with E-state index >= 15 is 0 Å². The lowest BCUT2D eigenvalue weighted by Gasteiger charge is -2.08. The molecule has 0 aliphatic heterocycles. The van der Waals surface area contributed by atoms with Crippen LogP contribution in [-0.2, 0) is 0 Å². The first-order valence-corrected chi connectivity index (χ1v) is 5.11. The normalized spacial score (nSPS) is 14.8. The monoisotopic (exact) mass is 179 g/mol. The summed E-state index contributed by atoms with van der Waals surface area (Å²) in [5.41, 5.74) is 1.00. The Morgan fingerprint density at radius 2 is 2.15 bits per heavy atom. The second-order valence-corrected chi connectivity index (χ2v) is 3.11. The Morgan fingerprint density at radius 3 is 2.54 bits per heavy atom. The van der Waals surface area contributed by atoms with Crippen LogP contribution in [0.2, 0.25) is 0 Å². The van der Waals surface area contributed by atoms with Crippen LogP contribution >= 0.6 is 0 Å². The molecule has 0 saturated carbocycles. The lowest BCUT2D eigenvalue weighted by Crippen LogP contribution is -2.04. The number of rotatable bonds is 6. The van der Waals surface area contributed by atoms with Gasteiger partial charge in [-0.25, -0.2) is 0 Å². The van der Waals surface area contributed by atoms with Crippen LogP contribution in [0, 0.1) is 0 Å². The van der Waals surface area contributed by atoms with E-state index in [1.54, 1.807) is 0 Å². The summed E-state index contributed by atoms with van der Waals surface area (Å²) in [5, 5.41) is 0. The number of hydrogen-bond acceptors (Lipinski definition) is 1. The summed E-state index contributed by atoms with van der Waals surface area (Å²) in [7, 11) is 0. The van der Waals surface area contributed by atoms with E-state index in [2.05, 4.69) is 25.4 Å². The van der Waals surface area contributed by atoms with Gasteiger partial charge in [0.05, 0.1) is 11.8 Å². The van der Waals surface area contributed by atoms with E-state index in [1.807, 2.05) is 25.2 Å². The molecule has 0 aromatic carbocycles. The molecule has 1 heteroatoms. The zero-order valence-corrected chi connectivity index (χ0v) is 9.09. The number of nitrogens with zero attached hydrogens (tertiary/aromatic N) is 1. The molecule has 74 valence electrons. The third-order valence-electron chi connectivity index (χ3n) is 1.97. The molecule has 0 fully saturated rings. The van der Waals surface area contributed by atoms with Crippen molar-refractivity contribution in [3.63, 3.8) is 0 Å². The highest BCUT2D eigenvalue weighted by molar-refractivity contribution is 6.03. The molecule has 0 saturated heterocycles. The molecule has 0 radical (unpaired) electrons. The molecular formula is C12H21N. The van der Waals surface area contributed by atoms with Crippen molar-refractivity contribution in [1.82, 2.24) is 0 Å². The standard InChI is InChI=1S/C12H21N/c1-5-9-11(7-3)13-12(8-4)10-6-2/h5,7,9,12H,3,6,8,10H2,1-2,4H3/b9-5-,13-11?. The predicted molar refractivity (Wildman–Crippen MR) is 61.4 cm³/mol. The molecule has 0 aliphatic rings. The van der Waals surface area contributed by atoms with Crippen molar-refractivity contribution in [3.8, 4) is 0 Å². The van der Waals surface area contributed by atoms with Crippen molar-refractivity contribution < 1.29 is 0 Å². The van der Waals surface area contributed by atoms with Crippen LogP contribution < -0.4 is 0 Å². The van der Waals surface area contributed by atoms with Gasteiger partial charge in [-0.05, 0) is 31.9 Å². The Labute approximate surface area is 82.3 Å². The molecule has 1 nitrogen and oxygen atoms in total. The molecule has 1 unspecified atom stereocenters. The van der Waals surface area contributed by atoms with E-state index in [4.69, 9.17) is 0 Å². The first kappa shape index (κ1) is 12.2. The summed E-state index contributed by atoms with van der Waals surface area (Å²) in [6.07, 6.45) is 9.30. The van der Waals surface area contributed by atoms with E-state index in [0.717, 1.165) is 12.1 Å². The number of hydrogen-bond donors (Lipinski definition) is 0. The third kappa shape index (κ3) is 5.40. The molecule has 13 heavy (non-hydrogen) atoms. The van der Waals surface area contributed by atoms with Crippen LogP contribution in [0.15, 0.2) is 29.8 Å². The molecule has 0 heterocycles. The van der Waals surface area contributed by atoms with E-state index in [-0.39, 0.29) is 0 Å². The minimum Gasteiger partial charge on any atom is -0.282 e. The van der Waals surface area contributed by atoms with Gasteiger partial charge in [-0.2, -0.15) is 0 Å². The highest BCUT2D eigenvalue weighted by Crippen LogP contribution is 2.06. The Morgan fingerprint density at radius 1 is 1.46 bits per heavy atom. The molecule has 0 aromatic rings. The van der Waals surface area contributed by atoms with E-state index in [1.165, 1.54) is 12.8 Å². The molecule has 0 aromatic heterocycles. The van der Waals surface area contributed by atoms with Crippen LogP contribution in [0.5, 0.6) is 0 Å². The lowest BCUT2D eigenvalue weighted by molar-refractivity contribution is 0.590. The molecule has 0 bridgehead atoms. The second-order valence-electron chi connectivity index (χ2n) is 3.11. The van der Waals surface area contributed by atoms with Crippen LogP contribution in [0.4, 0.5) is 0 Å². The van der Waals surface area contributed by atoms with Gasteiger partial charge >= 0.3 is 0 Å². The van der Waals surface area contributed by atoms with Crippen LogP contribution in [0.25, 0.3) is 0 Å². The van der Waals surface area contributed by atoms with Crippen molar-refractivity contribution in [3.05, 3.63) is 24.8 Å². The number of aliphatic imine (C=N–C) groups is 1. The number of allylic oxidation sites excluding steroid dienone is 3. The summed E-state index contributed by atoms with van der Waals surface area (Å²) in [6, 6.07) is 0.467. The maximum atomic E-state index is 4.60. The summed E-state index contributed by atoms with van der Waals surface area (Å²) in [4.78, 5) is 4.60. The first-order valence-electron chi connectivity index (χ1n) is 5.11. The highest BCUT2D eigenvalue weighted by Gasteiger charge is 2.01. The lowest BCUT2D eigenvalue weighted by atomic mass is 10.1. The van der Waals surface area contributed by atoms with Gasteiger partial charge in [0.15, 0.2) is 0 Å². The molecule has 1 atom stereocenters. The van der Waals surface area contributed by atoms with E-state index < -0.39 is 0 Å². The van der Waals surface area contributed by atoms with Crippen molar-refractivity contribution in [2.24, 2.45) is 4.99 Å². The Bertz CT molecular complexity index is 189. The fourth-order valence-corrected chi connectivity index (χ4v) is 1.24. The predicted octanol–water partition coefficient (Wildman–Crippen LogP) is 3.77. The van der Waals surface area contributed by atoms with Gasteiger partial charge in [0.2, 0.25) is 0 Å². The van der Waals surface area contributed by atoms with Gasteiger partial charge in [0.25, 0.3) is 0 Å². The van der Waals surface area contributed by atoms with Gasteiger partial charge in [0.1, 0.15) is 0 Å². The molecule has 0 amide bonds. The highest BCUT2D eigenvalue weighted by atomic mass is 14.8. The largest absolute Gasteiger partial charge is 0.282 e. The maximum Gasteiger partial charge on any atom is 0.0568 e. The van der Waals surface area contributed by atoms with Crippen LogP contribution in [0.3, 0.4) is 0 Å². The molecule has 0 spiro atoms. The topological polar surface area (TPSA) is 12.4 Å². The minimum absolute atomic E-state index is 0.467. The van der Waals surface area contributed by atoms with E-state index in [0.29, 0.717) is 6.04 Å². The zero-order valence-electron chi connectivity index (χ0n) is 9.09. The quantitative estimate of drug-likeness (QED) is 0.550. The SMILES string of the molecule is C=CC(/C=C\C)=NC(CC)CCC. The molecule has 0 aliphatic carbocycles. The summed E-state index contributed by atoms with van der Waals surface area (Å²) >= 11 is 0. The van der Waals surface area contributed by atoms with Gasteiger partial charge in [-0.1, -0.05) is 32.9 Å². The minimum atomic E-state index is 0.467. The maximum absolute atomic E-state index is 4.60. The summed E-state index contributed by atoms with van der Waals surface area (Å²) in [6.45, 7) is 10.1. The molecular weight excluding hydrogens is 158 g/mol. The Balaban J connectivity index is 4.34.